The Hall–Kier alpha value is -2.11. The van der Waals surface area contributed by atoms with Gasteiger partial charge in [-0.2, -0.15) is 0 Å². The third-order valence-corrected chi connectivity index (χ3v) is 4.83. The predicted molar refractivity (Wildman–Crippen MR) is 89.6 cm³/mol. The molecule has 0 radical (unpaired) electrons. The van der Waals surface area contributed by atoms with E-state index in [9.17, 15) is 14.3 Å². The molecule has 0 spiro atoms. The number of carboxylic acid groups (broad SMARTS) is 1. The van der Waals surface area contributed by atoms with E-state index >= 15 is 0 Å². The number of benzene rings is 2. The van der Waals surface area contributed by atoms with Gasteiger partial charge in [0.25, 0.3) is 0 Å². The first-order valence-electron chi connectivity index (χ1n) is 7.65. The van der Waals surface area contributed by atoms with Gasteiger partial charge in [0.05, 0.1) is 10.6 Å². The van der Waals surface area contributed by atoms with Crippen LogP contribution in [0, 0.1) is 5.82 Å². The fourth-order valence-electron chi connectivity index (χ4n) is 3.01. The van der Waals surface area contributed by atoms with Crippen molar-refractivity contribution in [1.82, 2.24) is 4.90 Å². The van der Waals surface area contributed by atoms with Crippen molar-refractivity contribution in [2.24, 2.45) is 0 Å². The molecule has 0 bridgehead atoms. The monoisotopic (exact) mass is 349 g/mol. The lowest BCUT2D eigenvalue weighted by molar-refractivity contribution is -0.0213. The lowest BCUT2D eigenvalue weighted by atomic mass is 9.84. The van der Waals surface area contributed by atoms with Crippen LogP contribution in [0.2, 0.25) is 5.02 Å². The number of amides is 1. The van der Waals surface area contributed by atoms with Crippen molar-refractivity contribution < 1.29 is 19.4 Å². The molecule has 6 heteroatoms. The van der Waals surface area contributed by atoms with E-state index in [0.717, 1.165) is 16.7 Å². The summed E-state index contributed by atoms with van der Waals surface area (Å²) in [5.41, 5.74) is 1.39. The Balaban J connectivity index is 1.79. The summed E-state index contributed by atoms with van der Waals surface area (Å²) in [5, 5.41) is 19.8. The molecule has 2 aromatic rings. The highest BCUT2D eigenvalue weighted by atomic mass is 35.5. The van der Waals surface area contributed by atoms with Gasteiger partial charge in [-0.3, -0.25) is 0 Å². The van der Waals surface area contributed by atoms with Gasteiger partial charge < -0.3 is 15.1 Å². The topological polar surface area (TPSA) is 60.8 Å². The van der Waals surface area contributed by atoms with Crippen LogP contribution in [0.4, 0.5) is 9.18 Å². The maximum Gasteiger partial charge on any atom is 0.407 e. The van der Waals surface area contributed by atoms with Crippen LogP contribution in [0.25, 0.3) is 11.1 Å². The highest BCUT2D eigenvalue weighted by Gasteiger charge is 2.35. The standard InChI is InChI=1S/C18H17ClFNO3/c19-15-11-13(3-6-16(15)20)12-1-4-14(5-2-12)18(24)7-9-21(10-8-18)17(22)23/h1-6,11,24H,7-10H2,(H,22,23). The SMILES string of the molecule is O=C(O)N1CCC(O)(c2ccc(-c3ccc(F)c(Cl)c3)cc2)CC1. The van der Waals surface area contributed by atoms with Crippen LogP contribution in [0.15, 0.2) is 42.5 Å². The van der Waals surface area contributed by atoms with Crippen LogP contribution in [0.3, 0.4) is 0 Å². The van der Waals surface area contributed by atoms with Crippen LogP contribution in [-0.2, 0) is 5.60 Å². The van der Waals surface area contributed by atoms with E-state index in [-0.39, 0.29) is 5.02 Å². The summed E-state index contributed by atoms with van der Waals surface area (Å²) in [5.74, 6) is -0.462. The Morgan fingerprint density at radius 1 is 1.08 bits per heavy atom. The number of aliphatic hydroxyl groups is 1. The molecule has 1 fully saturated rings. The van der Waals surface area contributed by atoms with Crippen molar-refractivity contribution in [3.05, 3.63) is 58.9 Å². The first-order valence-corrected chi connectivity index (χ1v) is 8.03. The summed E-state index contributed by atoms with van der Waals surface area (Å²) < 4.78 is 13.2. The van der Waals surface area contributed by atoms with E-state index in [4.69, 9.17) is 16.7 Å². The number of nitrogens with zero attached hydrogens (tertiary/aromatic N) is 1. The second-order valence-corrected chi connectivity index (χ2v) is 6.41. The maximum atomic E-state index is 13.2. The molecule has 3 rings (SSSR count). The number of piperidine rings is 1. The molecular formula is C18H17ClFNO3. The summed E-state index contributed by atoms with van der Waals surface area (Å²) in [7, 11) is 0. The van der Waals surface area contributed by atoms with Gasteiger partial charge >= 0.3 is 6.09 Å². The molecule has 1 saturated heterocycles. The number of halogens is 2. The zero-order valence-electron chi connectivity index (χ0n) is 12.9. The summed E-state index contributed by atoms with van der Waals surface area (Å²) in [4.78, 5) is 12.3. The molecule has 0 saturated carbocycles. The first kappa shape index (κ1) is 16.7. The quantitative estimate of drug-likeness (QED) is 0.857. The maximum absolute atomic E-state index is 13.2. The van der Waals surface area contributed by atoms with Crippen molar-refractivity contribution in [3.8, 4) is 11.1 Å². The average Bonchev–Trinajstić information content (AvgIpc) is 2.58. The van der Waals surface area contributed by atoms with E-state index in [1.807, 2.05) is 24.3 Å². The van der Waals surface area contributed by atoms with Gasteiger partial charge in [-0.05, 0) is 41.7 Å². The molecule has 0 aliphatic carbocycles. The molecule has 2 aromatic carbocycles. The number of carbonyl (C=O) groups is 1. The lowest BCUT2D eigenvalue weighted by Gasteiger charge is -2.37. The molecule has 1 aliphatic heterocycles. The molecule has 0 atom stereocenters. The fraction of sp³-hybridized carbons (Fsp3) is 0.278. The molecule has 0 aromatic heterocycles. The fourth-order valence-corrected chi connectivity index (χ4v) is 3.19. The van der Waals surface area contributed by atoms with Gasteiger partial charge in [0, 0.05) is 13.1 Å². The molecule has 1 amide bonds. The van der Waals surface area contributed by atoms with E-state index in [1.165, 1.54) is 11.0 Å². The third-order valence-electron chi connectivity index (χ3n) is 4.54. The van der Waals surface area contributed by atoms with Gasteiger partial charge in [0.2, 0.25) is 0 Å². The number of hydrogen-bond acceptors (Lipinski definition) is 2. The Kier molecular flexibility index (Phi) is 4.47. The smallest absolute Gasteiger partial charge is 0.407 e. The van der Waals surface area contributed by atoms with Crippen molar-refractivity contribution in [1.29, 1.82) is 0 Å². The van der Waals surface area contributed by atoms with E-state index < -0.39 is 17.5 Å². The molecule has 1 aliphatic rings. The van der Waals surface area contributed by atoms with E-state index in [2.05, 4.69) is 0 Å². The van der Waals surface area contributed by atoms with Crippen LogP contribution in [-0.4, -0.2) is 34.3 Å². The molecule has 4 nitrogen and oxygen atoms in total. The van der Waals surface area contributed by atoms with Crippen molar-refractivity contribution >= 4 is 17.7 Å². The number of rotatable bonds is 2. The second kappa shape index (κ2) is 6.42. The zero-order valence-corrected chi connectivity index (χ0v) is 13.6. The summed E-state index contributed by atoms with van der Waals surface area (Å²) >= 11 is 5.81. The molecule has 0 unspecified atom stereocenters. The van der Waals surface area contributed by atoms with Crippen LogP contribution in [0.1, 0.15) is 18.4 Å². The second-order valence-electron chi connectivity index (χ2n) is 6.01. The highest BCUT2D eigenvalue weighted by molar-refractivity contribution is 6.31. The zero-order chi connectivity index (χ0) is 17.3. The normalized spacial score (nSPS) is 16.9. The minimum Gasteiger partial charge on any atom is -0.465 e. The van der Waals surface area contributed by atoms with Gasteiger partial charge in [-0.1, -0.05) is 41.9 Å². The minimum atomic E-state index is -1.02. The molecule has 126 valence electrons. The van der Waals surface area contributed by atoms with Crippen LogP contribution in [0.5, 0.6) is 0 Å². The predicted octanol–water partition coefficient (Wildman–Crippen LogP) is 4.11. The highest BCUT2D eigenvalue weighted by Crippen LogP contribution is 2.34. The Morgan fingerprint density at radius 3 is 2.21 bits per heavy atom. The van der Waals surface area contributed by atoms with Crippen molar-refractivity contribution in [2.75, 3.05) is 13.1 Å². The van der Waals surface area contributed by atoms with Gasteiger partial charge in [0.1, 0.15) is 5.82 Å². The van der Waals surface area contributed by atoms with Gasteiger partial charge in [-0.25, -0.2) is 9.18 Å². The lowest BCUT2D eigenvalue weighted by Crippen LogP contribution is -2.44. The Morgan fingerprint density at radius 2 is 1.67 bits per heavy atom. The first-order chi connectivity index (χ1) is 11.4. The molecule has 2 N–H and O–H groups in total. The summed E-state index contributed by atoms with van der Waals surface area (Å²) in [6, 6.07) is 11.9. The van der Waals surface area contributed by atoms with Crippen molar-refractivity contribution in [2.45, 2.75) is 18.4 Å². The minimum absolute atomic E-state index is 0.0660. The van der Waals surface area contributed by atoms with Crippen LogP contribution >= 0.6 is 11.6 Å². The molecule has 24 heavy (non-hydrogen) atoms. The number of hydrogen-bond donors (Lipinski definition) is 2. The molecule has 1 heterocycles. The summed E-state index contributed by atoms with van der Waals surface area (Å²) in [6.45, 7) is 0.613. The Labute approximate surface area is 144 Å². The largest absolute Gasteiger partial charge is 0.465 e. The Bertz CT molecular complexity index is 755. The van der Waals surface area contributed by atoms with E-state index in [0.29, 0.717) is 25.9 Å². The summed E-state index contributed by atoms with van der Waals surface area (Å²) in [6.07, 6.45) is -0.234. The van der Waals surface area contributed by atoms with Crippen LogP contribution < -0.4 is 0 Å². The third kappa shape index (κ3) is 3.23. The average molecular weight is 350 g/mol. The number of likely N-dealkylation sites (tertiary alicyclic amines) is 1. The van der Waals surface area contributed by atoms with Crippen molar-refractivity contribution in [3.63, 3.8) is 0 Å². The van der Waals surface area contributed by atoms with E-state index in [1.54, 1.807) is 12.1 Å². The molecular weight excluding hydrogens is 333 g/mol. The van der Waals surface area contributed by atoms with Gasteiger partial charge in [-0.15, -0.1) is 0 Å². The van der Waals surface area contributed by atoms with Gasteiger partial charge in [0.15, 0.2) is 0 Å².